The van der Waals surface area contributed by atoms with Gasteiger partial charge in [0.1, 0.15) is 23.0 Å². The molecule has 2 aromatic heterocycles. The fraction of sp³-hybridized carbons (Fsp3) is 0.0294. The van der Waals surface area contributed by atoms with Gasteiger partial charge in [-0.1, -0.05) is 65.1 Å². The largest absolute Gasteiger partial charge is 0.456 e. The first kappa shape index (κ1) is 29.8. The lowest BCUT2D eigenvalue weighted by Crippen LogP contribution is -2.33. The lowest BCUT2D eigenvalue weighted by atomic mass is 9.77. The minimum Gasteiger partial charge on any atom is -0.456 e. The molecular formula is C34H18N2O9S4. The monoisotopic (exact) mass is 726 g/mol. The molecule has 242 valence electrons. The summed E-state index contributed by atoms with van der Waals surface area (Å²) in [5, 5.41) is 0. The molecule has 15 heteroatoms. The Kier molecular flexibility index (Phi) is 6.42. The van der Waals surface area contributed by atoms with Crippen LogP contribution in [-0.4, -0.2) is 32.8 Å². The molecule has 0 bridgehead atoms. The topological polar surface area (TPSA) is 148 Å². The van der Waals surface area contributed by atoms with Crippen molar-refractivity contribution in [2.75, 3.05) is 0 Å². The number of carbonyl (C=O) groups excluding carboxylic acids is 1. The molecular weight excluding hydrogens is 709 g/mol. The highest BCUT2D eigenvalue weighted by molar-refractivity contribution is 7.89. The van der Waals surface area contributed by atoms with E-state index in [0.29, 0.717) is 42.7 Å². The Morgan fingerprint density at radius 3 is 1.61 bits per heavy atom. The lowest BCUT2D eigenvalue weighted by molar-refractivity contribution is 0.0224. The molecule has 0 amide bonds. The number of benzene rings is 5. The van der Waals surface area contributed by atoms with Gasteiger partial charge in [-0.15, -0.1) is 0 Å². The molecule has 0 fully saturated rings. The maximum Gasteiger partial charge on any atom is 0.366 e. The third-order valence-electron chi connectivity index (χ3n) is 8.04. The fourth-order valence-electron chi connectivity index (χ4n) is 5.98. The number of nitrogens with zero attached hydrogens (tertiary/aromatic N) is 2. The maximum atomic E-state index is 13.3. The first-order valence-electron chi connectivity index (χ1n) is 14.5. The summed E-state index contributed by atoms with van der Waals surface area (Å²) in [5.74, 6) is -0.521. The molecule has 5 aromatic carbocycles. The summed E-state index contributed by atoms with van der Waals surface area (Å²) in [4.78, 5) is 21.7. The Morgan fingerprint density at radius 1 is 0.592 bits per heavy atom. The highest BCUT2D eigenvalue weighted by atomic mass is 32.3. The van der Waals surface area contributed by atoms with E-state index < -0.39 is 31.8 Å². The van der Waals surface area contributed by atoms with Crippen LogP contribution in [-0.2, 0) is 30.6 Å². The Balaban J connectivity index is 1.13. The van der Waals surface area contributed by atoms with Crippen molar-refractivity contribution in [3.05, 3.63) is 131 Å². The molecule has 11 nitrogen and oxygen atoms in total. The number of carbonyl (C=O) groups is 1. The van der Waals surface area contributed by atoms with Gasteiger partial charge in [0.05, 0.1) is 26.0 Å². The van der Waals surface area contributed by atoms with Crippen LogP contribution >= 0.6 is 22.7 Å². The minimum absolute atomic E-state index is 0.0833. The van der Waals surface area contributed by atoms with Gasteiger partial charge >= 0.3 is 26.2 Å². The van der Waals surface area contributed by atoms with Gasteiger partial charge < -0.3 is 17.8 Å². The van der Waals surface area contributed by atoms with Crippen LogP contribution in [0.15, 0.2) is 118 Å². The van der Waals surface area contributed by atoms with Crippen molar-refractivity contribution in [3.63, 3.8) is 0 Å². The van der Waals surface area contributed by atoms with Crippen LogP contribution in [0.2, 0.25) is 0 Å². The predicted molar refractivity (Wildman–Crippen MR) is 180 cm³/mol. The molecule has 2 aliphatic rings. The second-order valence-electron chi connectivity index (χ2n) is 11.0. The van der Waals surface area contributed by atoms with Crippen LogP contribution in [0.4, 0.5) is 0 Å². The van der Waals surface area contributed by atoms with Crippen molar-refractivity contribution < 1.29 is 39.5 Å². The number of ether oxygens (including phenoxy) is 2. The number of fused-ring (bicyclic) bond motifs is 8. The fourth-order valence-corrected chi connectivity index (χ4v) is 10.2. The molecule has 7 aromatic rings. The molecule has 0 aliphatic carbocycles. The summed E-state index contributed by atoms with van der Waals surface area (Å²) in [6, 6.07) is 29.7. The van der Waals surface area contributed by atoms with Gasteiger partial charge in [-0.05, 0) is 54.6 Å². The van der Waals surface area contributed by atoms with Crippen LogP contribution in [0.1, 0.15) is 27.0 Å². The summed E-state index contributed by atoms with van der Waals surface area (Å²) in [5.41, 5.74) is 1.19. The smallest absolute Gasteiger partial charge is 0.366 e. The Labute approximate surface area is 286 Å². The Bertz CT molecular complexity index is 2530. The lowest BCUT2D eigenvalue weighted by Gasteiger charge is -2.36. The average Bonchev–Trinajstić information content (AvgIpc) is 3.80. The summed E-state index contributed by atoms with van der Waals surface area (Å²) < 4.78 is 77.5. The normalized spacial score (nSPS) is 14.6. The second kappa shape index (κ2) is 10.6. The molecule has 0 radical (unpaired) electrons. The van der Waals surface area contributed by atoms with Crippen molar-refractivity contribution in [1.82, 2.24) is 9.97 Å². The number of para-hydroxylation sites is 2. The zero-order valence-corrected chi connectivity index (χ0v) is 27.9. The van der Waals surface area contributed by atoms with Gasteiger partial charge in [-0.2, -0.15) is 16.8 Å². The van der Waals surface area contributed by atoms with Gasteiger partial charge in [0.25, 0.3) is 0 Å². The zero-order valence-electron chi connectivity index (χ0n) is 24.6. The molecule has 0 saturated heterocycles. The SMILES string of the molecule is O=C1OC2(c3ccc(OS(=O)(=O)c4nc5ccccc5s4)cc3Oc3cc(OS(=O)(=O)c4nc5ccccc5s4)ccc32)c2ccccc21. The van der Waals surface area contributed by atoms with Gasteiger partial charge in [0, 0.05) is 28.8 Å². The first-order valence-corrected chi connectivity index (χ1v) is 19.0. The number of esters is 1. The van der Waals surface area contributed by atoms with Gasteiger partial charge in [0.15, 0.2) is 5.60 Å². The van der Waals surface area contributed by atoms with Crippen molar-refractivity contribution in [2.45, 2.75) is 14.3 Å². The maximum absolute atomic E-state index is 13.3. The highest BCUT2D eigenvalue weighted by Gasteiger charge is 2.53. The predicted octanol–water partition coefficient (Wildman–Crippen LogP) is 7.01. The number of aromatic nitrogens is 2. The zero-order chi connectivity index (χ0) is 33.5. The second-order valence-corrected chi connectivity index (χ2v) is 16.5. The van der Waals surface area contributed by atoms with Crippen molar-refractivity contribution in [1.29, 1.82) is 0 Å². The highest BCUT2D eigenvalue weighted by Crippen LogP contribution is 2.57. The van der Waals surface area contributed by atoms with E-state index in [9.17, 15) is 21.6 Å². The van der Waals surface area contributed by atoms with Gasteiger partial charge in [0.2, 0.25) is 8.68 Å². The number of hydrogen-bond acceptors (Lipinski definition) is 13. The van der Waals surface area contributed by atoms with Gasteiger partial charge in [-0.25, -0.2) is 14.8 Å². The quantitative estimate of drug-likeness (QED) is 0.129. The summed E-state index contributed by atoms with van der Waals surface area (Å²) in [7, 11) is -8.67. The number of rotatable bonds is 6. The molecule has 1 spiro atoms. The number of thiazole rings is 2. The van der Waals surface area contributed by atoms with E-state index in [2.05, 4.69) is 9.97 Å². The molecule has 4 heterocycles. The van der Waals surface area contributed by atoms with Crippen LogP contribution in [0.5, 0.6) is 23.0 Å². The molecule has 49 heavy (non-hydrogen) atoms. The third kappa shape index (κ3) is 4.68. The molecule has 2 aliphatic heterocycles. The van der Waals surface area contributed by atoms with Crippen molar-refractivity contribution >= 4 is 69.3 Å². The first-order chi connectivity index (χ1) is 23.6. The van der Waals surface area contributed by atoms with Gasteiger partial charge in [-0.3, -0.25) is 0 Å². The molecule has 0 saturated carbocycles. The van der Waals surface area contributed by atoms with E-state index in [-0.39, 0.29) is 31.7 Å². The van der Waals surface area contributed by atoms with E-state index in [4.69, 9.17) is 17.8 Å². The standard InChI is InChI=1S/C34H18N2O9S4/c37-31-21-7-1-2-8-22(21)34(43-31)23-15-13-19(44-48(38,39)32-35-25-9-3-5-11-29(25)46-32)17-27(23)42-28-18-20(14-16-24(28)34)45-49(40,41)33-36-26-10-4-6-12-30(26)47-33/h1-18H. The van der Waals surface area contributed by atoms with Crippen molar-refractivity contribution in [2.24, 2.45) is 0 Å². The van der Waals surface area contributed by atoms with E-state index in [1.165, 1.54) is 24.3 Å². The summed E-state index contributed by atoms with van der Waals surface area (Å²) in [6.45, 7) is 0. The van der Waals surface area contributed by atoms with E-state index in [0.717, 1.165) is 22.7 Å². The molecule has 0 N–H and O–H groups in total. The van der Waals surface area contributed by atoms with Crippen LogP contribution in [0.3, 0.4) is 0 Å². The van der Waals surface area contributed by atoms with E-state index in [1.54, 1.807) is 84.9 Å². The van der Waals surface area contributed by atoms with Crippen LogP contribution < -0.4 is 13.1 Å². The van der Waals surface area contributed by atoms with Crippen LogP contribution in [0, 0.1) is 0 Å². The minimum atomic E-state index is -4.34. The molecule has 0 unspecified atom stereocenters. The summed E-state index contributed by atoms with van der Waals surface area (Å²) in [6.07, 6.45) is 0. The van der Waals surface area contributed by atoms with Crippen LogP contribution in [0.25, 0.3) is 20.4 Å². The Hall–Kier alpha value is -5.35. The number of hydrogen-bond donors (Lipinski definition) is 0. The van der Waals surface area contributed by atoms with E-state index in [1.807, 2.05) is 0 Å². The summed E-state index contributed by atoms with van der Waals surface area (Å²) >= 11 is 1.95. The Morgan fingerprint density at radius 2 is 1.08 bits per heavy atom. The van der Waals surface area contributed by atoms with E-state index >= 15 is 0 Å². The third-order valence-corrected chi connectivity index (χ3v) is 13.3. The van der Waals surface area contributed by atoms with Crippen molar-refractivity contribution in [3.8, 4) is 23.0 Å². The molecule has 0 atom stereocenters. The molecule has 9 rings (SSSR count). The average molecular weight is 727 g/mol.